The van der Waals surface area contributed by atoms with E-state index in [-0.39, 0.29) is 5.91 Å². The molecule has 3 heterocycles. The van der Waals surface area contributed by atoms with Crippen molar-refractivity contribution in [1.82, 2.24) is 24.8 Å². The van der Waals surface area contributed by atoms with Crippen molar-refractivity contribution in [1.29, 1.82) is 0 Å². The first kappa shape index (κ1) is 16.3. The van der Waals surface area contributed by atoms with Gasteiger partial charge in [-0.05, 0) is 32.1 Å². The summed E-state index contributed by atoms with van der Waals surface area (Å²) in [6.07, 6.45) is 9.48. The van der Waals surface area contributed by atoms with Gasteiger partial charge in [-0.1, -0.05) is 0 Å². The Bertz CT molecular complexity index is 702. The summed E-state index contributed by atoms with van der Waals surface area (Å²) >= 11 is 0. The van der Waals surface area contributed by atoms with Gasteiger partial charge in [-0.15, -0.1) is 0 Å². The predicted octanol–water partition coefficient (Wildman–Crippen LogP) is 1.71. The molecule has 1 fully saturated rings. The lowest BCUT2D eigenvalue weighted by Crippen LogP contribution is -2.41. The predicted molar refractivity (Wildman–Crippen MR) is 90.7 cm³/mol. The second-order valence-corrected chi connectivity index (χ2v) is 6.11. The second kappa shape index (κ2) is 7.33. The molecule has 126 valence electrons. The number of piperidine rings is 1. The fourth-order valence-corrected chi connectivity index (χ4v) is 3.08. The number of aryl methyl sites for hydroxylation is 1. The van der Waals surface area contributed by atoms with E-state index in [9.17, 15) is 4.79 Å². The van der Waals surface area contributed by atoms with Crippen LogP contribution in [0.1, 0.15) is 34.7 Å². The van der Waals surface area contributed by atoms with Crippen LogP contribution >= 0.6 is 0 Å². The maximum absolute atomic E-state index is 12.6. The molecule has 7 heteroatoms. The van der Waals surface area contributed by atoms with Crippen molar-refractivity contribution in [3.8, 4) is 0 Å². The van der Waals surface area contributed by atoms with Crippen LogP contribution in [0.2, 0.25) is 0 Å². The molecule has 0 radical (unpaired) electrons. The van der Waals surface area contributed by atoms with Gasteiger partial charge in [-0.25, -0.2) is 9.97 Å². The summed E-state index contributed by atoms with van der Waals surface area (Å²) < 4.78 is 0. The molecule has 1 aliphatic rings. The summed E-state index contributed by atoms with van der Waals surface area (Å²) in [5.74, 6) is 1.15. The van der Waals surface area contributed by atoms with Gasteiger partial charge in [0.1, 0.15) is 11.5 Å². The van der Waals surface area contributed by atoms with E-state index in [2.05, 4.69) is 25.3 Å². The third-order valence-electron chi connectivity index (χ3n) is 4.30. The topological polar surface area (TPSA) is 83.9 Å². The molecule has 0 bridgehead atoms. The number of amides is 1. The number of nitrogens with zero attached hydrogens (tertiary/aromatic N) is 5. The van der Waals surface area contributed by atoms with Gasteiger partial charge in [0.15, 0.2) is 0 Å². The summed E-state index contributed by atoms with van der Waals surface area (Å²) in [7, 11) is 1.85. The Hall–Kier alpha value is -2.57. The molecule has 0 unspecified atom stereocenters. The van der Waals surface area contributed by atoms with Crippen molar-refractivity contribution in [2.45, 2.75) is 26.2 Å². The summed E-state index contributed by atoms with van der Waals surface area (Å²) in [4.78, 5) is 31.6. The number of hydrogen-bond donors (Lipinski definition) is 1. The smallest absolute Gasteiger partial charge is 0.274 e. The average Bonchev–Trinajstić information content (AvgIpc) is 2.62. The molecule has 1 N–H and O–H groups in total. The molecule has 1 aliphatic heterocycles. The molecule has 0 saturated carbocycles. The van der Waals surface area contributed by atoms with Gasteiger partial charge >= 0.3 is 0 Å². The van der Waals surface area contributed by atoms with Crippen LogP contribution in [-0.4, -0.2) is 50.9 Å². The number of carbonyl (C=O) groups is 1. The maximum atomic E-state index is 12.6. The van der Waals surface area contributed by atoms with Crippen molar-refractivity contribution < 1.29 is 4.79 Å². The highest BCUT2D eigenvalue weighted by atomic mass is 16.2. The highest BCUT2D eigenvalue weighted by molar-refractivity contribution is 5.92. The third-order valence-corrected chi connectivity index (χ3v) is 4.30. The molecule has 2 aromatic rings. The van der Waals surface area contributed by atoms with Crippen LogP contribution in [-0.2, 0) is 6.42 Å². The van der Waals surface area contributed by atoms with E-state index in [0.29, 0.717) is 18.2 Å². The van der Waals surface area contributed by atoms with Crippen LogP contribution in [0.25, 0.3) is 0 Å². The van der Waals surface area contributed by atoms with E-state index in [4.69, 9.17) is 0 Å². The molecule has 2 aromatic heterocycles. The van der Waals surface area contributed by atoms with Crippen molar-refractivity contribution in [2.24, 2.45) is 5.92 Å². The van der Waals surface area contributed by atoms with Gasteiger partial charge in [0.05, 0.1) is 17.6 Å². The van der Waals surface area contributed by atoms with Gasteiger partial charge in [0, 0.05) is 38.7 Å². The number of carbonyl (C=O) groups excluding carboxylic acids is 1. The minimum Gasteiger partial charge on any atom is -0.372 e. The summed E-state index contributed by atoms with van der Waals surface area (Å²) in [5.41, 5.74) is 2.18. The number of rotatable bonds is 4. The molecule has 7 nitrogen and oxygen atoms in total. The fourth-order valence-electron chi connectivity index (χ4n) is 3.08. The Morgan fingerprint density at radius 2 is 2.08 bits per heavy atom. The minimum atomic E-state index is -0.0415. The monoisotopic (exact) mass is 326 g/mol. The highest BCUT2D eigenvalue weighted by Gasteiger charge is 2.26. The van der Waals surface area contributed by atoms with Gasteiger partial charge in [-0.3, -0.25) is 14.8 Å². The van der Waals surface area contributed by atoms with Gasteiger partial charge in [-0.2, -0.15) is 0 Å². The Balaban J connectivity index is 1.68. The normalized spacial score (nSPS) is 17.6. The zero-order valence-electron chi connectivity index (χ0n) is 14.1. The molecule has 1 atom stereocenters. The number of aromatic nitrogens is 4. The van der Waals surface area contributed by atoms with E-state index >= 15 is 0 Å². The lowest BCUT2D eigenvalue weighted by atomic mass is 9.93. The van der Waals surface area contributed by atoms with Crippen molar-refractivity contribution >= 4 is 11.7 Å². The largest absolute Gasteiger partial charge is 0.372 e. The van der Waals surface area contributed by atoms with Crippen LogP contribution in [0, 0.1) is 12.8 Å². The zero-order chi connectivity index (χ0) is 16.9. The van der Waals surface area contributed by atoms with Gasteiger partial charge in [0.25, 0.3) is 5.91 Å². The van der Waals surface area contributed by atoms with Crippen LogP contribution in [0.5, 0.6) is 0 Å². The molecule has 0 aliphatic carbocycles. The minimum absolute atomic E-state index is 0.0415. The quantitative estimate of drug-likeness (QED) is 0.921. The first-order chi connectivity index (χ1) is 11.7. The highest BCUT2D eigenvalue weighted by Crippen LogP contribution is 2.23. The lowest BCUT2D eigenvalue weighted by Gasteiger charge is -2.32. The van der Waals surface area contributed by atoms with Crippen molar-refractivity contribution in [2.75, 3.05) is 25.5 Å². The van der Waals surface area contributed by atoms with Crippen LogP contribution < -0.4 is 5.32 Å². The third kappa shape index (κ3) is 3.67. The molecule has 0 spiro atoms. The maximum Gasteiger partial charge on any atom is 0.274 e. The van der Waals surface area contributed by atoms with E-state index in [1.165, 1.54) is 0 Å². The Morgan fingerprint density at radius 3 is 2.83 bits per heavy atom. The van der Waals surface area contributed by atoms with Gasteiger partial charge < -0.3 is 10.2 Å². The SMILES string of the molecule is CNc1nccnc1C[C@@H]1CCCN(C(=O)c2cnc(C)cn2)C1. The lowest BCUT2D eigenvalue weighted by molar-refractivity contribution is 0.0666. The van der Waals surface area contributed by atoms with Crippen molar-refractivity contribution in [3.05, 3.63) is 41.9 Å². The summed E-state index contributed by atoms with van der Waals surface area (Å²) in [5, 5.41) is 3.08. The average molecular weight is 326 g/mol. The standard InChI is InChI=1S/C17H22N6O/c1-12-9-22-15(10-21-12)17(24)23-7-3-4-13(11-23)8-14-16(18-2)20-6-5-19-14/h5-6,9-10,13H,3-4,7-8,11H2,1-2H3,(H,18,20)/t13-/m0/s1. The molecule has 1 amide bonds. The molecule has 24 heavy (non-hydrogen) atoms. The molecule has 0 aromatic carbocycles. The fraction of sp³-hybridized carbons (Fsp3) is 0.471. The van der Waals surface area contributed by atoms with Gasteiger partial charge in [0.2, 0.25) is 0 Å². The first-order valence-corrected chi connectivity index (χ1v) is 8.23. The van der Waals surface area contributed by atoms with E-state index in [0.717, 1.165) is 43.0 Å². The number of hydrogen-bond acceptors (Lipinski definition) is 6. The van der Waals surface area contributed by atoms with Crippen LogP contribution in [0.15, 0.2) is 24.8 Å². The molecule has 1 saturated heterocycles. The summed E-state index contributed by atoms with van der Waals surface area (Å²) in [6, 6.07) is 0. The summed E-state index contributed by atoms with van der Waals surface area (Å²) in [6.45, 7) is 3.34. The number of nitrogens with one attached hydrogen (secondary N) is 1. The molecular weight excluding hydrogens is 304 g/mol. The number of likely N-dealkylation sites (tertiary alicyclic amines) is 1. The molecule has 3 rings (SSSR count). The van der Waals surface area contributed by atoms with Crippen LogP contribution in [0.3, 0.4) is 0 Å². The first-order valence-electron chi connectivity index (χ1n) is 8.23. The Labute approximate surface area is 141 Å². The second-order valence-electron chi connectivity index (χ2n) is 6.11. The Kier molecular flexibility index (Phi) is 4.98. The Morgan fingerprint density at radius 1 is 1.25 bits per heavy atom. The van der Waals surface area contributed by atoms with E-state index in [1.54, 1.807) is 24.8 Å². The number of anilines is 1. The van der Waals surface area contributed by atoms with E-state index < -0.39 is 0 Å². The van der Waals surface area contributed by atoms with E-state index in [1.807, 2.05) is 18.9 Å². The van der Waals surface area contributed by atoms with Crippen molar-refractivity contribution in [3.63, 3.8) is 0 Å². The zero-order valence-corrected chi connectivity index (χ0v) is 14.1. The molecular formula is C17H22N6O. The van der Waals surface area contributed by atoms with Crippen LogP contribution in [0.4, 0.5) is 5.82 Å².